The number of hydrogen-bond acceptors (Lipinski definition) is 7. The van der Waals surface area contributed by atoms with Gasteiger partial charge in [-0.05, 0) is 53.5 Å². The SMILES string of the molecule is CC(C)(C)OC(=O)CC[C@H](NC(=O)CNC(=O)OCc1ccccc1)C(=O)OC(C)(C)C. The van der Waals surface area contributed by atoms with Crippen molar-refractivity contribution in [1.82, 2.24) is 10.6 Å². The van der Waals surface area contributed by atoms with Crippen LogP contribution in [0.1, 0.15) is 59.9 Å². The van der Waals surface area contributed by atoms with Gasteiger partial charge in [-0.2, -0.15) is 0 Å². The molecular formula is C23H34N2O7. The minimum atomic E-state index is -1.07. The van der Waals surface area contributed by atoms with Crippen LogP contribution in [0.4, 0.5) is 4.79 Å². The lowest BCUT2D eigenvalue weighted by molar-refractivity contribution is -0.160. The number of hydrogen-bond donors (Lipinski definition) is 2. The van der Waals surface area contributed by atoms with Gasteiger partial charge in [-0.15, -0.1) is 0 Å². The lowest BCUT2D eigenvalue weighted by Gasteiger charge is -2.25. The Morgan fingerprint density at radius 1 is 0.906 bits per heavy atom. The van der Waals surface area contributed by atoms with E-state index in [4.69, 9.17) is 14.2 Å². The van der Waals surface area contributed by atoms with Gasteiger partial charge in [0.2, 0.25) is 5.91 Å². The molecule has 1 rings (SSSR count). The van der Waals surface area contributed by atoms with E-state index in [-0.39, 0.29) is 19.4 Å². The first-order valence-corrected chi connectivity index (χ1v) is 10.4. The zero-order valence-electron chi connectivity index (χ0n) is 19.7. The number of alkyl carbamates (subject to hydrolysis) is 1. The molecule has 0 heterocycles. The van der Waals surface area contributed by atoms with Crippen molar-refractivity contribution in [2.75, 3.05) is 6.54 Å². The molecule has 1 atom stereocenters. The highest BCUT2D eigenvalue weighted by Crippen LogP contribution is 2.13. The number of ether oxygens (including phenoxy) is 3. The summed E-state index contributed by atoms with van der Waals surface area (Å²) in [5.74, 6) is -1.80. The number of amides is 2. The summed E-state index contributed by atoms with van der Waals surface area (Å²) in [6.45, 7) is 9.96. The summed E-state index contributed by atoms with van der Waals surface area (Å²) in [5.41, 5.74) is -0.628. The third-order valence-corrected chi connectivity index (χ3v) is 3.69. The lowest BCUT2D eigenvalue weighted by Crippen LogP contribution is -2.47. The topological polar surface area (TPSA) is 120 Å². The summed E-state index contributed by atoms with van der Waals surface area (Å²) >= 11 is 0. The molecule has 2 N–H and O–H groups in total. The average molecular weight is 451 g/mol. The first kappa shape index (κ1) is 26.9. The molecule has 9 heteroatoms. The van der Waals surface area contributed by atoms with Crippen molar-refractivity contribution in [3.05, 3.63) is 35.9 Å². The summed E-state index contributed by atoms with van der Waals surface area (Å²) in [4.78, 5) is 48.6. The summed E-state index contributed by atoms with van der Waals surface area (Å²) in [7, 11) is 0. The molecule has 32 heavy (non-hydrogen) atoms. The Hall–Kier alpha value is -3.10. The van der Waals surface area contributed by atoms with E-state index in [1.54, 1.807) is 53.7 Å². The number of nitrogens with one attached hydrogen (secondary N) is 2. The van der Waals surface area contributed by atoms with Crippen molar-refractivity contribution in [3.8, 4) is 0 Å². The van der Waals surface area contributed by atoms with Crippen molar-refractivity contribution >= 4 is 23.9 Å². The van der Waals surface area contributed by atoms with Gasteiger partial charge in [0, 0.05) is 6.42 Å². The molecule has 0 aliphatic carbocycles. The Morgan fingerprint density at radius 2 is 1.50 bits per heavy atom. The van der Waals surface area contributed by atoms with Crippen LogP contribution in [-0.4, -0.2) is 47.7 Å². The molecule has 9 nitrogen and oxygen atoms in total. The van der Waals surface area contributed by atoms with E-state index in [0.717, 1.165) is 5.56 Å². The standard InChI is InChI=1S/C23H34N2O7/c1-22(2,3)31-19(27)13-12-17(20(28)32-23(4,5)6)25-18(26)14-24-21(29)30-15-16-10-8-7-9-11-16/h7-11,17H,12-15H2,1-6H3,(H,24,29)(H,25,26)/t17-/m0/s1. The number of rotatable bonds is 9. The van der Waals surface area contributed by atoms with Gasteiger partial charge < -0.3 is 24.8 Å². The first-order valence-electron chi connectivity index (χ1n) is 10.4. The summed E-state index contributed by atoms with van der Waals surface area (Å²) in [5, 5.41) is 4.82. The van der Waals surface area contributed by atoms with Gasteiger partial charge in [0.1, 0.15) is 30.4 Å². The fraction of sp³-hybridized carbons (Fsp3) is 0.565. The second-order valence-electron chi connectivity index (χ2n) is 9.19. The maximum Gasteiger partial charge on any atom is 0.407 e. The van der Waals surface area contributed by atoms with Gasteiger partial charge in [-0.25, -0.2) is 9.59 Å². The van der Waals surface area contributed by atoms with Crippen LogP contribution < -0.4 is 10.6 Å². The van der Waals surface area contributed by atoms with Crippen LogP contribution in [0.3, 0.4) is 0 Å². The average Bonchev–Trinajstić information content (AvgIpc) is 2.66. The van der Waals surface area contributed by atoms with E-state index in [0.29, 0.717) is 0 Å². The Kier molecular flexibility index (Phi) is 10.2. The van der Waals surface area contributed by atoms with Crippen molar-refractivity contribution < 1.29 is 33.4 Å². The zero-order valence-corrected chi connectivity index (χ0v) is 19.7. The number of benzene rings is 1. The number of carbonyl (C=O) groups is 4. The Bertz CT molecular complexity index is 780. The monoisotopic (exact) mass is 450 g/mol. The van der Waals surface area contributed by atoms with Crippen molar-refractivity contribution in [3.63, 3.8) is 0 Å². The minimum absolute atomic E-state index is 0.00593. The molecule has 0 aliphatic rings. The van der Waals surface area contributed by atoms with Crippen LogP contribution in [-0.2, 0) is 35.2 Å². The maximum atomic E-state index is 12.5. The molecule has 0 fully saturated rings. The molecule has 0 saturated carbocycles. The quantitative estimate of drug-likeness (QED) is 0.438. The van der Waals surface area contributed by atoms with Gasteiger partial charge in [-0.3, -0.25) is 9.59 Å². The van der Waals surface area contributed by atoms with Gasteiger partial charge in [0.25, 0.3) is 0 Å². The Balaban J connectivity index is 2.58. The summed E-state index contributed by atoms with van der Waals surface area (Å²) in [6.07, 6.45) is -0.867. The molecule has 0 unspecified atom stereocenters. The van der Waals surface area contributed by atoms with Crippen molar-refractivity contribution in [1.29, 1.82) is 0 Å². The molecule has 0 aromatic heterocycles. The van der Waals surface area contributed by atoms with Crippen LogP contribution in [0.15, 0.2) is 30.3 Å². The second-order valence-corrected chi connectivity index (χ2v) is 9.19. The predicted octanol–water partition coefficient (Wildman–Crippen LogP) is 2.86. The van der Waals surface area contributed by atoms with Gasteiger partial charge >= 0.3 is 18.0 Å². The van der Waals surface area contributed by atoms with E-state index in [2.05, 4.69) is 10.6 Å². The van der Waals surface area contributed by atoms with Gasteiger partial charge in [0.15, 0.2) is 0 Å². The summed E-state index contributed by atoms with van der Waals surface area (Å²) in [6, 6.07) is 8.01. The smallest absolute Gasteiger partial charge is 0.407 e. The van der Waals surface area contributed by atoms with Crippen molar-refractivity contribution in [2.24, 2.45) is 0 Å². The Morgan fingerprint density at radius 3 is 2.06 bits per heavy atom. The third-order valence-electron chi connectivity index (χ3n) is 3.69. The minimum Gasteiger partial charge on any atom is -0.460 e. The number of esters is 2. The maximum absolute atomic E-state index is 12.5. The van der Waals surface area contributed by atoms with Crippen LogP contribution in [0, 0.1) is 0 Å². The third kappa shape index (κ3) is 12.6. The highest BCUT2D eigenvalue weighted by molar-refractivity contribution is 5.87. The summed E-state index contributed by atoms with van der Waals surface area (Å²) < 4.78 is 15.6. The van der Waals surface area contributed by atoms with E-state index < -0.39 is 47.7 Å². The fourth-order valence-electron chi connectivity index (χ4n) is 2.45. The lowest BCUT2D eigenvalue weighted by atomic mass is 10.1. The molecule has 1 aromatic rings. The van der Waals surface area contributed by atoms with Gasteiger partial charge in [-0.1, -0.05) is 30.3 Å². The largest absolute Gasteiger partial charge is 0.460 e. The molecule has 0 saturated heterocycles. The van der Waals surface area contributed by atoms with E-state index >= 15 is 0 Å². The molecule has 178 valence electrons. The highest BCUT2D eigenvalue weighted by Gasteiger charge is 2.28. The normalized spacial score (nSPS) is 12.3. The molecule has 0 spiro atoms. The second kappa shape index (κ2) is 12.1. The van der Waals surface area contributed by atoms with Crippen LogP contribution in [0.2, 0.25) is 0 Å². The molecule has 0 radical (unpaired) electrons. The van der Waals surface area contributed by atoms with Crippen LogP contribution >= 0.6 is 0 Å². The van der Waals surface area contributed by atoms with Crippen LogP contribution in [0.25, 0.3) is 0 Å². The van der Waals surface area contributed by atoms with Crippen LogP contribution in [0.5, 0.6) is 0 Å². The Labute approximate surface area is 189 Å². The van der Waals surface area contributed by atoms with E-state index in [1.165, 1.54) is 0 Å². The van der Waals surface area contributed by atoms with E-state index in [1.807, 2.05) is 18.2 Å². The van der Waals surface area contributed by atoms with Crippen molar-refractivity contribution in [2.45, 2.75) is 78.2 Å². The molecule has 0 bridgehead atoms. The molecule has 0 aliphatic heterocycles. The highest BCUT2D eigenvalue weighted by atomic mass is 16.6. The number of carbonyl (C=O) groups excluding carboxylic acids is 4. The zero-order chi connectivity index (χ0) is 24.4. The molecule has 1 aromatic carbocycles. The van der Waals surface area contributed by atoms with E-state index in [9.17, 15) is 19.2 Å². The predicted molar refractivity (Wildman–Crippen MR) is 117 cm³/mol. The fourth-order valence-corrected chi connectivity index (χ4v) is 2.45. The molecular weight excluding hydrogens is 416 g/mol. The van der Waals surface area contributed by atoms with Gasteiger partial charge in [0.05, 0.1) is 0 Å². The first-order chi connectivity index (χ1) is 14.7. The molecule has 2 amide bonds.